The molecule has 5 nitrogen and oxygen atoms in total. The van der Waals surface area contributed by atoms with E-state index in [0.717, 1.165) is 49.4 Å². The van der Waals surface area contributed by atoms with Crippen molar-refractivity contribution in [1.29, 1.82) is 0 Å². The van der Waals surface area contributed by atoms with Gasteiger partial charge in [0.2, 0.25) is 0 Å². The number of benzene rings is 2. The molecule has 1 unspecified atom stereocenters. The summed E-state index contributed by atoms with van der Waals surface area (Å²) in [5.74, 6) is 1.53. The number of aliphatic hydroxyl groups is 1. The van der Waals surface area contributed by atoms with Crippen molar-refractivity contribution >= 4 is 11.5 Å². The van der Waals surface area contributed by atoms with E-state index in [1.165, 1.54) is 28.2 Å². The molecule has 0 spiro atoms. The lowest BCUT2D eigenvalue weighted by Gasteiger charge is -2.17. The van der Waals surface area contributed by atoms with Crippen LogP contribution in [-0.2, 0) is 6.42 Å². The largest absolute Gasteiger partial charge is 0.430 e. The number of ether oxygens (including phenoxy) is 1. The van der Waals surface area contributed by atoms with Crippen molar-refractivity contribution < 1.29 is 9.84 Å². The van der Waals surface area contributed by atoms with Crippen LogP contribution in [-0.4, -0.2) is 45.1 Å². The van der Waals surface area contributed by atoms with Gasteiger partial charge in [-0.05, 0) is 56.4 Å². The van der Waals surface area contributed by atoms with Gasteiger partial charge in [-0.25, -0.2) is 0 Å². The van der Waals surface area contributed by atoms with Crippen molar-refractivity contribution in [3.63, 3.8) is 0 Å². The van der Waals surface area contributed by atoms with Crippen molar-refractivity contribution in [2.45, 2.75) is 39.7 Å². The van der Waals surface area contributed by atoms with Gasteiger partial charge in [-0.2, -0.15) is 9.36 Å². The Morgan fingerprint density at radius 1 is 1.14 bits per heavy atom. The summed E-state index contributed by atoms with van der Waals surface area (Å²) in [7, 11) is 0. The molecule has 1 N–H and O–H groups in total. The summed E-state index contributed by atoms with van der Waals surface area (Å²) in [6.07, 6.45) is 1.71. The minimum Gasteiger partial charge on any atom is -0.430 e. The van der Waals surface area contributed by atoms with E-state index in [1.807, 2.05) is 12.1 Å². The Bertz CT molecular complexity index is 984. The van der Waals surface area contributed by atoms with E-state index in [9.17, 15) is 5.11 Å². The maximum absolute atomic E-state index is 9.69. The molecular weight excluding hydrogens is 382 g/mol. The van der Waals surface area contributed by atoms with Crippen LogP contribution in [0.1, 0.15) is 28.7 Å². The first-order valence-corrected chi connectivity index (χ1v) is 10.8. The van der Waals surface area contributed by atoms with Crippen LogP contribution in [0.25, 0.3) is 11.4 Å². The fourth-order valence-corrected chi connectivity index (χ4v) is 4.25. The minimum atomic E-state index is -0.162. The Morgan fingerprint density at radius 2 is 1.93 bits per heavy atom. The fourth-order valence-electron chi connectivity index (χ4n) is 3.69. The molecule has 152 valence electrons. The Balaban J connectivity index is 1.44. The van der Waals surface area contributed by atoms with Crippen LogP contribution in [0, 0.1) is 20.8 Å². The molecule has 1 saturated heterocycles. The van der Waals surface area contributed by atoms with Crippen molar-refractivity contribution in [2.24, 2.45) is 0 Å². The van der Waals surface area contributed by atoms with Gasteiger partial charge < -0.3 is 14.7 Å². The van der Waals surface area contributed by atoms with Gasteiger partial charge in [0.25, 0.3) is 5.19 Å². The highest BCUT2D eigenvalue weighted by Crippen LogP contribution is 2.31. The second-order valence-electron chi connectivity index (χ2n) is 7.89. The topological polar surface area (TPSA) is 58.5 Å². The van der Waals surface area contributed by atoms with Crippen LogP contribution in [0.3, 0.4) is 0 Å². The highest BCUT2D eigenvalue weighted by molar-refractivity contribution is 7.07. The molecule has 0 saturated carbocycles. The average molecular weight is 410 g/mol. The Hall–Kier alpha value is -2.28. The maximum Gasteiger partial charge on any atom is 0.299 e. The lowest BCUT2D eigenvalue weighted by atomic mass is 10.0. The zero-order valence-electron chi connectivity index (χ0n) is 17.2. The molecule has 1 atom stereocenters. The van der Waals surface area contributed by atoms with Gasteiger partial charge in [0, 0.05) is 36.7 Å². The SMILES string of the molecule is Cc1ccc(-c2nsc(Oc3cc(C)c(CCN4CCC(O)C4)cc3C)n2)cc1. The summed E-state index contributed by atoms with van der Waals surface area (Å²) < 4.78 is 10.5. The number of nitrogens with zero attached hydrogens (tertiary/aromatic N) is 3. The Morgan fingerprint density at radius 3 is 2.66 bits per heavy atom. The van der Waals surface area contributed by atoms with E-state index in [0.29, 0.717) is 11.0 Å². The highest BCUT2D eigenvalue weighted by atomic mass is 32.1. The quantitative estimate of drug-likeness (QED) is 0.648. The summed E-state index contributed by atoms with van der Waals surface area (Å²) in [4.78, 5) is 6.88. The fraction of sp³-hybridized carbons (Fsp3) is 0.391. The van der Waals surface area contributed by atoms with Crippen molar-refractivity contribution in [3.05, 3.63) is 58.7 Å². The predicted octanol–water partition coefficient (Wildman–Crippen LogP) is 4.53. The number of aromatic nitrogens is 2. The van der Waals surface area contributed by atoms with Gasteiger partial charge in [-0.3, -0.25) is 0 Å². The lowest BCUT2D eigenvalue weighted by Crippen LogP contribution is -2.24. The van der Waals surface area contributed by atoms with E-state index in [-0.39, 0.29) is 6.10 Å². The molecule has 0 bridgehead atoms. The zero-order valence-corrected chi connectivity index (χ0v) is 18.0. The van der Waals surface area contributed by atoms with Crippen LogP contribution >= 0.6 is 11.5 Å². The summed E-state index contributed by atoms with van der Waals surface area (Å²) in [6.45, 7) is 9.02. The van der Waals surface area contributed by atoms with Crippen molar-refractivity contribution in [1.82, 2.24) is 14.3 Å². The molecule has 0 amide bonds. The average Bonchev–Trinajstić information content (AvgIpc) is 3.33. The second-order valence-corrected chi connectivity index (χ2v) is 8.60. The van der Waals surface area contributed by atoms with Gasteiger partial charge in [-0.15, -0.1) is 0 Å². The van der Waals surface area contributed by atoms with E-state index in [4.69, 9.17) is 4.74 Å². The molecule has 2 aromatic carbocycles. The number of hydrogen-bond donors (Lipinski definition) is 1. The van der Waals surface area contributed by atoms with Gasteiger partial charge in [0.15, 0.2) is 5.82 Å². The van der Waals surface area contributed by atoms with E-state index < -0.39 is 0 Å². The van der Waals surface area contributed by atoms with E-state index in [1.54, 1.807) is 0 Å². The lowest BCUT2D eigenvalue weighted by molar-refractivity contribution is 0.177. The smallest absolute Gasteiger partial charge is 0.299 e. The first-order valence-electron chi connectivity index (χ1n) is 10.1. The monoisotopic (exact) mass is 409 g/mol. The summed E-state index contributed by atoms with van der Waals surface area (Å²) >= 11 is 1.28. The normalized spacial score (nSPS) is 17.0. The van der Waals surface area contributed by atoms with E-state index >= 15 is 0 Å². The molecule has 2 heterocycles. The molecule has 1 aromatic heterocycles. The first kappa shape index (κ1) is 20.0. The number of rotatable bonds is 6. The van der Waals surface area contributed by atoms with Gasteiger partial charge in [-0.1, -0.05) is 35.9 Å². The molecule has 1 aliphatic heterocycles. The third-order valence-corrected chi connectivity index (χ3v) is 6.09. The number of hydrogen-bond acceptors (Lipinski definition) is 6. The number of likely N-dealkylation sites (tertiary alicyclic amines) is 1. The van der Waals surface area contributed by atoms with Crippen LogP contribution in [0.5, 0.6) is 10.9 Å². The summed E-state index contributed by atoms with van der Waals surface area (Å²) in [6, 6.07) is 12.5. The molecule has 6 heteroatoms. The Kier molecular flexibility index (Phi) is 5.94. The molecule has 3 aromatic rings. The molecule has 1 fully saturated rings. The number of β-amino-alcohol motifs (C(OH)–C–C–N with tert-alkyl or cyclic N) is 1. The second kappa shape index (κ2) is 8.61. The van der Waals surface area contributed by atoms with Gasteiger partial charge in [0.05, 0.1) is 6.10 Å². The summed E-state index contributed by atoms with van der Waals surface area (Å²) in [5, 5.41) is 10.2. The van der Waals surface area contributed by atoms with Gasteiger partial charge >= 0.3 is 0 Å². The predicted molar refractivity (Wildman–Crippen MR) is 117 cm³/mol. The molecular formula is C23H27N3O2S. The number of aryl methyl sites for hydroxylation is 3. The van der Waals surface area contributed by atoms with Crippen LogP contribution in [0.2, 0.25) is 0 Å². The summed E-state index contributed by atoms with van der Waals surface area (Å²) in [5.41, 5.74) is 5.85. The Labute approximate surface area is 176 Å². The van der Waals surface area contributed by atoms with Crippen LogP contribution < -0.4 is 4.74 Å². The van der Waals surface area contributed by atoms with Gasteiger partial charge in [0.1, 0.15) is 5.75 Å². The third kappa shape index (κ3) is 4.83. The van der Waals surface area contributed by atoms with E-state index in [2.05, 4.69) is 59.3 Å². The third-order valence-electron chi connectivity index (χ3n) is 5.49. The molecule has 1 aliphatic rings. The molecule has 29 heavy (non-hydrogen) atoms. The molecule has 4 rings (SSSR count). The number of aliphatic hydroxyl groups excluding tert-OH is 1. The maximum atomic E-state index is 9.69. The minimum absolute atomic E-state index is 0.162. The first-order chi connectivity index (χ1) is 14.0. The van der Waals surface area contributed by atoms with Crippen molar-refractivity contribution in [2.75, 3.05) is 19.6 Å². The standard InChI is InChI=1S/C23H27N3O2S/c1-15-4-6-18(7-5-15)22-24-23(29-25-22)28-21-13-16(2)19(12-17(21)3)8-10-26-11-9-20(27)14-26/h4-7,12-13,20,27H,8-11,14H2,1-3H3. The zero-order chi connectivity index (χ0) is 20.4. The van der Waals surface area contributed by atoms with Crippen LogP contribution in [0.15, 0.2) is 36.4 Å². The molecule has 0 aliphatic carbocycles. The van der Waals surface area contributed by atoms with Crippen molar-refractivity contribution in [3.8, 4) is 22.3 Å². The van der Waals surface area contributed by atoms with Crippen LogP contribution in [0.4, 0.5) is 0 Å². The molecule has 0 radical (unpaired) electrons. The highest BCUT2D eigenvalue weighted by Gasteiger charge is 2.20.